The molecular weight excluding hydrogens is 388 g/mol. The van der Waals surface area contributed by atoms with Gasteiger partial charge in [0.15, 0.2) is 5.82 Å². The number of hydrogen-bond donors (Lipinski definition) is 0. The molecule has 0 bridgehead atoms. The van der Waals surface area contributed by atoms with Crippen molar-refractivity contribution in [3.8, 4) is 22.8 Å². The van der Waals surface area contributed by atoms with Crippen LogP contribution < -0.4 is 0 Å². The lowest BCUT2D eigenvalue weighted by molar-refractivity contribution is -0.131. The number of carbonyl (C=O) groups is 1. The van der Waals surface area contributed by atoms with Gasteiger partial charge in [-0.05, 0) is 17.7 Å². The molecule has 0 saturated heterocycles. The lowest BCUT2D eigenvalue weighted by Crippen LogP contribution is -2.24. The SMILES string of the molecule is CCC(=O)N1Cc2nc(-c3ccccc3)nc(-c3ccn(Cc4cccnc4)n3)c2C1. The first-order chi connectivity index (χ1) is 15.2. The number of rotatable bonds is 5. The Hall–Kier alpha value is -3.87. The Bertz CT molecular complexity index is 1220. The van der Waals surface area contributed by atoms with Crippen LogP contribution in [0.5, 0.6) is 0 Å². The third-order valence-electron chi connectivity index (χ3n) is 5.42. The van der Waals surface area contributed by atoms with Crippen LogP contribution in [0.3, 0.4) is 0 Å². The molecule has 4 aromatic rings. The van der Waals surface area contributed by atoms with Crippen molar-refractivity contribution in [1.29, 1.82) is 0 Å². The van der Waals surface area contributed by atoms with Crippen LogP contribution in [-0.2, 0) is 24.4 Å². The number of hydrogen-bond acceptors (Lipinski definition) is 5. The largest absolute Gasteiger partial charge is 0.332 e. The van der Waals surface area contributed by atoms with Gasteiger partial charge in [-0.1, -0.05) is 43.3 Å². The summed E-state index contributed by atoms with van der Waals surface area (Å²) in [7, 11) is 0. The maximum atomic E-state index is 12.3. The van der Waals surface area contributed by atoms with Gasteiger partial charge in [0.1, 0.15) is 5.69 Å². The zero-order chi connectivity index (χ0) is 21.2. The maximum absolute atomic E-state index is 12.3. The van der Waals surface area contributed by atoms with Gasteiger partial charge in [-0.25, -0.2) is 9.97 Å². The summed E-state index contributed by atoms with van der Waals surface area (Å²) in [5.74, 6) is 0.772. The average Bonchev–Trinajstić information content (AvgIpc) is 3.46. The molecule has 1 aliphatic rings. The molecule has 31 heavy (non-hydrogen) atoms. The quantitative estimate of drug-likeness (QED) is 0.501. The van der Waals surface area contributed by atoms with E-state index in [1.54, 1.807) is 6.20 Å². The van der Waals surface area contributed by atoms with Gasteiger partial charge in [0.25, 0.3) is 0 Å². The van der Waals surface area contributed by atoms with Gasteiger partial charge in [0.2, 0.25) is 5.91 Å². The molecule has 1 aromatic carbocycles. The first kappa shape index (κ1) is 19.1. The molecule has 4 heterocycles. The van der Waals surface area contributed by atoms with Crippen molar-refractivity contribution in [3.63, 3.8) is 0 Å². The predicted molar refractivity (Wildman–Crippen MR) is 117 cm³/mol. The molecule has 0 radical (unpaired) electrons. The smallest absolute Gasteiger partial charge is 0.222 e. The minimum atomic E-state index is 0.118. The molecule has 3 aromatic heterocycles. The molecule has 154 valence electrons. The Morgan fingerprint density at radius 3 is 2.68 bits per heavy atom. The van der Waals surface area contributed by atoms with E-state index in [4.69, 9.17) is 15.1 Å². The number of fused-ring (bicyclic) bond motifs is 1. The van der Waals surface area contributed by atoms with Crippen LogP contribution in [0.15, 0.2) is 67.1 Å². The van der Waals surface area contributed by atoms with E-state index >= 15 is 0 Å². The molecule has 0 atom stereocenters. The van der Waals surface area contributed by atoms with Crippen LogP contribution in [0.1, 0.15) is 30.2 Å². The zero-order valence-corrected chi connectivity index (χ0v) is 17.3. The highest BCUT2D eigenvalue weighted by Gasteiger charge is 2.29. The van der Waals surface area contributed by atoms with Crippen LogP contribution in [-0.4, -0.2) is 35.5 Å². The fourth-order valence-corrected chi connectivity index (χ4v) is 3.84. The Labute approximate surface area is 180 Å². The van der Waals surface area contributed by atoms with E-state index in [9.17, 15) is 4.79 Å². The summed E-state index contributed by atoms with van der Waals surface area (Å²) in [6.45, 7) is 3.54. The molecule has 0 saturated carbocycles. The molecule has 7 nitrogen and oxygen atoms in total. The molecule has 0 N–H and O–H groups in total. The van der Waals surface area contributed by atoms with E-state index in [0.717, 1.165) is 33.8 Å². The Morgan fingerprint density at radius 1 is 1.03 bits per heavy atom. The second kappa shape index (κ2) is 8.10. The fourth-order valence-electron chi connectivity index (χ4n) is 3.84. The molecule has 1 aliphatic heterocycles. The summed E-state index contributed by atoms with van der Waals surface area (Å²) in [4.78, 5) is 28.0. The van der Waals surface area contributed by atoms with Gasteiger partial charge in [-0.15, -0.1) is 0 Å². The minimum absolute atomic E-state index is 0.118. The van der Waals surface area contributed by atoms with Gasteiger partial charge < -0.3 is 4.90 Å². The van der Waals surface area contributed by atoms with E-state index in [2.05, 4.69) is 4.98 Å². The first-order valence-corrected chi connectivity index (χ1v) is 10.4. The molecule has 0 spiro atoms. The highest BCUT2D eigenvalue weighted by molar-refractivity contribution is 5.77. The number of benzene rings is 1. The van der Waals surface area contributed by atoms with Crippen molar-refractivity contribution in [1.82, 2.24) is 29.6 Å². The molecule has 7 heteroatoms. The van der Waals surface area contributed by atoms with Crippen molar-refractivity contribution in [2.24, 2.45) is 0 Å². The van der Waals surface area contributed by atoms with Gasteiger partial charge >= 0.3 is 0 Å². The lowest BCUT2D eigenvalue weighted by atomic mass is 10.1. The number of amides is 1. The number of nitrogens with zero attached hydrogens (tertiary/aromatic N) is 6. The van der Waals surface area contributed by atoms with Gasteiger partial charge in [0, 0.05) is 36.1 Å². The minimum Gasteiger partial charge on any atom is -0.332 e. The highest BCUT2D eigenvalue weighted by Crippen LogP contribution is 2.32. The lowest BCUT2D eigenvalue weighted by Gasteiger charge is -2.13. The van der Waals surface area contributed by atoms with Gasteiger partial charge in [-0.2, -0.15) is 5.10 Å². The molecule has 0 aliphatic carbocycles. The molecule has 0 unspecified atom stereocenters. The normalized spacial score (nSPS) is 12.7. The van der Waals surface area contributed by atoms with Crippen molar-refractivity contribution >= 4 is 5.91 Å². The third-order valence-corrected chi connectivity index (χ3v) is 5.42. The van der Waals surface area contributed by atoms with Crippen LogP contribution >= 0.6 is 0 Å². The van der Waals surface area contributed by atoms with Crippen LogP contribution in [0.2, 0.25) is 0 Å². The summed E-state index contributed by atoms with van der Waals surface area (Å²) < 4.78 is 1.88. The van der Waals surface area contributed by atoms with Crippen LogP contribution in [0.25, 0.3) is 22.8 Å². The summed E-state index contributed by atoms with van der Waals surface area (Å²) in [5.41, 5.74) is 5.47. The van der Waals surface area contributed by atoms with E-state index in [0.29, 0.717) is 31.9 Å². The van der Waals surface area contributed by atoms with Crippen molar-refractivity contribution in [2.45, 2.75) is 33.0 Å². The van der Waals surface area contributed by atoms with Crippen molar-refractivity contribution in [3.05, 3.63) is 83.9 Å². The molecule has 1 amide bonds. The molecular formula is C24H22N6O. The molecule has 0 fully saturated rings. The summed E-state index contributed by atoms with van der Waals surface area (Å²) in [6, 6.07) is 15.8. The van der Waals surface area contributed by atoms with Crippen LogP contribution in [0, 0.1) is 0 Å². The van der Waals surface area contributed by atoms with Gasteiger partial charge in [-0.3, -0.25) is 14.5 Å². The van der Waals surface area contributed by atoms with Crippen LogP contribution in [0.4, 0.5) is 0 Å². The number of carbonyl (C=O) groups excluding carboxylic acids is 1. The maximum Gasteiger partial charge on any atom is 0.222 e. The Kier molecular flexibility index (Phi) is 5.00. The van der Waals surface area contributed by atoms with E-state index < -0.39 is 0 Å². The summed E-state index contributed by atoms with van der Waals surface area (Å²) in [6.07, 6.45) is 6.02. The number of pyridine rings is 1. The topological polar surface area (TPSA) is 76.8 Å². The first-order valence-electron chi connectivity index (χ1n) is 10.4. The van der Waals surface area contributed by atoms with Crippen molar-refractivity contribution < 1.29 is 4.79 Å². The Balaban J connectivity index is 1.55. The van der Waals surface area contributed by atoms with E-state index in [1.807, 2.05) is 77.4 Å². The average molecular weight is 410 g/mol. The van der Waals surface area contributed by atoms with Crippen molar-refractivity contribution in [2.75, 3.05) is 0 Å². The standard InChI is InChI=1S/C24H22N6O/c1-2-22(31)29-15-19-21(16-29)26-24(18-8-4-3-5-9-18)27-23(19)20-10-12-30(28-20)14-17-7-6-11-25-13-17/h3-13H,2,14-16H2,1H3. The number of aromatic nitrogens is 5. The third kappa shape index (κ3) is 3.82. The summed E-state index contributed by atoms with van der Waals surface area (Å²) >= 11 is 0. The molecule has 5 rings (SSSR count). The summed E-state index contributed by atoms with van der Waals surface area (Å²) in [5, 5.41) is 4.77. The second-order valence-corrected chi connectivity index (χ2v) is 7.55. The highest BCUT2D eigenvalue weighted by atomic mass is 16.2. The van der Waals surface area contributed by atoms with E-state index in [1.165, 1.54) is 0 Å². The monoisotopic (exact) mass is 410 g/mol. The van der Waals surface area contributed by atoms with Gasteiger partial charge in [0.05, 0.1) is 31.0 Å². The van der Waals surface area contributed by atoms with E-state index in [-0.39, 0.29) is 5.91 Å². The predicted octanol–water partition coefficient (Wildman–Crippen LogP) is 3.70. The Morgan fingerprint density at radius 2 is 1.90 bits per heavy atom. The fraction of sp³-hybridized carbons (Fsp3) is 0.208. The second-order valence-electron chi connectivity index (χ2n) is 7.55. The zero-order valence-electron chi connectivity index (χ0n) is 17.3.